The maximum absolute atomic E-state index is 11.6. The van der Waals surface area contributed by atoms with E-state index in [4.69, 9.17) is 9.47 Å². The summed E-state index contributed by atoms with van der Waals surface area (Å²) in [4.78, 5) is 22.6. The van der Waals surface area contributed by atoms with Gasteiger partial charge in [-0.25, -0.2) is 4.79 Å². The molecule has 1 aromatic carbocycles. The molecule has 0 radical (unpaired) electrons. The maximum atomic E-state index is 11.6. The van der Waals surface area contributed by atoms with Crippen LogP contribution in [0.5, 0.6) is 0 Å². The molecule has 5 nitrogen and oxygen atoms in total. The van der Waals surface area contributed by atoms with Gasteiger partial charge in [0.05, 0.1) is 19.3 Å². The van der Waals surface area contributed by atoms with Crippen LogP contribution in [0.3, 0.4) is 0 Å². The highest BCUT2D eigenvalue weighted by atomic mass is 16.6. The number of benzene rings is 1. The largest absolute Gasteiger partial charge is 0.444 e. The number of carbonyl (C=O) groups is 2. The SMILES string of the molecule is O=C[C@H](Cc1ccccc1)NC(=O)O[C@H]1CCOC1. The van der Waals surface area contributed by atoms with E-state index in [0.29, 0.717) is 26.1 Å². The molecule has 0 aromatic heterocycles. The fourth-order valence-electron chi connectivity index (χ4n) is 1.94. The Balaban J connectivity index is 1.81. The zero-order valence-electron chi connectivity index (χ0n) is 10.6. The van der Waals surface area contributed by atoms with Gasteiger partial charge in [0, 0.05) is 6.42 Å². The van der Waals surface area contributed by atoms with E-state index >= 15 is 0 Å². The second kappa shape index (κ2) is 6.89. The van der Waals surface area contributed by atoms with Crippen LogP contribution in [-0.4, -0.2) is 37.7 Å². The molecule has 5 heteroatoms. The van der Waals surface area contributed by atoms with Crippen LogP contribution < -0.4 is 5.32 Å². The van der Waals surface area contributed by atoms with Gasteiger partial charge < -0.3 is 19.6 Å². The number of aldehydes is 1. The molecule has 0 unspecified atom stereocenters. The number of hydrogen-bond acceptors (Lipinski definition) is 4. The molecule has 0 spiro atoms. The number of alkyl carbamates (subject to hydrolysis) is 1. The monoisotopic (exact) mass is 263 g/mol. The minimum absolute atomic E-state index is 0.205. The number of ether oxygens (including phenoxy) is 2. The molecule has 0 bridgehead atoms. The van der Waals surface area contributed by atoms with Crippen molar-refractivity contribution in [2.45, 2.75) is 25.0 Å². The molecule has 1 heterocycles. The molecule has 102 valence electrons. The van der Waals surface area contributed by atoms with Gasteiger partial charge in [-0.15, -0.1) is 0 Å². The lowest BCUT2D eigenvalue weighted by molar-refractivity contribution is -0.109. The summed E-state index contributed by atoms with van der Waals surface area (Å²) in [7, 11) is 0. The van der Waals surface area contributed by atoms with Gasteiger partial charge in [0.1, 0.15) is 12.4 Å². The summed E-state index contributed by atoms with van der Waals surface area (Å²) >= 11 is 0. The fraction of sp³-hybridized carbons (Fsp3) is 0.429. The normalized spacial score (nSPS) is 19.7. The van der Waals surface area contributed by atoms with Gasteiger partial charge in [0.2, 0.25) is 0 Å². The van der Waals surface area contributed by atoms with Crippen LogP contribution in [-0.2, 0) is 20.7 Å². The third-order valence-electron chi connectivity index (χ3n) is 2.93. The first-order chi connectivity index (χ1) is 9.28. The van der Waals surface area contributed by atoms with Crippen LogP contribution in [0.25, 0.3) is 0 Å². The average Bonchev–Trinajstić information content (AvgIpc) is 2.92. The first kappa shape index (κ1) is 13.5. The van der Waals surface area contributed by atoms with Crippen LogP contribution in [0.1, 0.15) is 12.0 Å². The number of carbonyl (C=O) groups excluding carboxylic acids is 2. The second-order valence-corrected chi connectivity index (χ2v) is 4.47. The maximum Gasteiger partial charge on any atom is 0.408 e. The van der Waals surface area contributed by atoms with Gasteiger partial charge in [-0.3, -0.25) is 0 Å². The number of hydrogen-bond donors (Lipinski definition) is 1. The Labute approximate surface area is 111 Å². The van der Waals surface area contributed by atoms with E-state index in [1.54, 1.807) is 0 Å². The van der Waals surface area contributed by atoms with Gasteiger partial charge in [0.15, 0.2) is 0 Å². The van der Waals surface area contributed by atoms with Crippen molar-refractivity contribution >= 4 is 12.4 Å². The Morgan fingerprint density at radius 3 is 2.89 bits per heavy atom. The molecule has 0 saturated carbocycles. The van der Waals surface area contributed by atoms with Gasteiger partial charge in [-0.2, -0.15) is 0 Å². The number of nitrogens with one attached hydrogen (secondary N) is 1. The number of rotatable bonds is 5. The third-order valence-corrected chi connectivity index (χ3v) is 2.93. The van der Waals surface area contributed by atoms with E-state index in [-0.39, 0.29) is 6.10 Å². The molecule has 1 amide bonds. The summed E-state index contributed by atoms with van der Waals surface area (Å²) < 4.78 is 10.3. The standard InChI is InChI=1S/C14H17NO4/c16-9-12(8-11-4-2-1-3-5-11)15-14(17)19-13-6-7-18-10-13/h1-5,9,12-13H,6-8,10H2,(H,15,17)/t12-,13-/m0/s1. The quantitative estimate of drug-likeness (QED) is 0.813. The Kier molecular flexibility index (Phi) is 4.92. The van der Waals surface area contributed by atoms with E-state index in [9.17, 15) is 9.59 Å². The summed E-state index contributed by atoms with van der Waals surface area (Å²) in [5.41, 5.74) is 0.990. The average molecular weight is 263 g/mol. The molecule has 1 aromatic rings. The first-order valence-corrected chi connectivity index (χ1v) is 6.32. The smallest absolute Gasteiger partial charge is 0.408 e. The molecule has 1 N–H and O–H groups in total. The predicted octanol–water partition coefficient (Wildman–Crippen LogP) is 1.31. The van der Waals surface area contributed by atoms with E-state index in [1.807, 2.05) is 30.3 Å². The van der Waals surface area contributed by atoms with Crippen molar-refractivity contribution in [3.63, 3.8) is 0 Å². The van der Waals surface area contributed by atoms with E-state index in [0.717, 1.165) is 11.8 Å². The number of amides is 1. The van der Waals surface area contributed by atoms with Crippen LogP contribution in [0, 0.1) is 0 Å². The van der Waals surface area contributed by atoms with Crippen molar-refractivity contribution in [2.75, 3.05) is 13.2 Å². The van der Waals surface area contributed by atoms with Gasteiger partial charge in [-0.1, -0.05) is 30.3 Å². The molecule has 1 saturated heterocycles. The van der Waals surface area contributed by atoms with Crippen molar-refractivity contribution in [2.24, 2.45) is 0 Å². The Morgan fingerprint density at radius 2 is 2.26 bits per heavy atom. The molecule has 2 rings (SSSR count). The summed E-state index contributed by atoms with van der Waals surface area (Å²) in [6.45, 7) is 1.04. The van der Waals surface area contributed by atoms with E-state index in [2.05, 4.69) is 5.32 Å². The first-order valence-electron chi connectivity index (χ1n) is 6.32. The highest BCUT2D eigenvalue weighted by Crippen LogP contribution is 2.08. The molecule has 2 atom stereocenters. The van der Waals surface area contributed by atoms with Crippen molar-refractivity contribution in [3.8, 4) is 0 Å². The topological polar surface area (TPSA) is 64.6 Å². The minimum atomic E-state index is -0.572. The lowest BCUT2D eigenvalue weighted by atomic mass is 10.1. The van der Waals surface area contributed by atoms with Crippen molar-refractivity contribution in [3.05, 3.63) is 35.9 Å². The van der Waals surface area contributed by atoms with Gasteiger partial charge >= 0.3 is 6.09 Å². The Hall–Kier alpha value is -1.88. The molecule has 1 aliphatic rings. The Morgan fingerprint density at radius 1 is 1.47 bits per heavy atom. The second-order valence-electron chi connectivity index (χ2n) is 4.47. The minimum Gasteiger partial charge on any atom is -0.444 e. The van der Waals surface area contributed by atoms with E-state index in [1.165, 1.54) is 0 Å². The van der Waals surface area contributed by atoms with Crippen LogP contribution in [0.2, 0.25) is 0 Å². The Bertz CT molecular complexity index is 415. The fourth-order valence-corrected chi connectivity index (χ4v) is 1.94. The highest BCUT2D eigenvalue weighted by Gasteiger charge is 2.21. The molecule has 1 aliphatic heterocycles. The molecule has 1 fully saturated rings. The van der Waals surface area contributed by atoms with E-state index < -0.39 is 12.1 Å². The van der Waals surface area contributed by atoms with Crippen molar-refractivity contribution in [1.82, 2.24) is 5.32 Å². The highest BCUT2D eigenvalue weighted by molar-refractivity contribution is 5.73. The van der Waals surface area contributed by atoms with Crippen LogP contribution in [0.15, 0.2) is 30.3 Å². The molecule has 0 aliphatic carbocycles. The summed E-state index contributed by atoms with van der Waals surface area (Å²) in [5, 5.41) is 2.56. The van der Waals surface area contributed by atoms with Gasteiger partial charge in [0.25, 0.3) is 0 Å². The van der Waals surface area contributed by atoms with Crippen molar-refractivity contribution in [1.29, 1.82) is 0 Å². The summed E-state index contributed by atoms with van der Waals surface area (Å²) in [6, 6.07) is 8.94. The lowest BCUT2D eigenvalue weighted by Gasteiger charge is -2.15. The molecule has 19 heavy (non-hydrogen) atoms. The predicted molar refractivity (Wildman–Crippen MR) is 68.8 cm³/mol. The molecular weight excluding hydrogens is 246 g/mol. The lowest BCUT2D eigenvalue weighted by Crippen LogP contribution is -2.39. The van der Waals surface area contributed by atoms with Crippen LogP contribution in [0.4, 0.5) is 4.79 Å². The third kappa shape index (κ3) is 4.37. The summed E-state index contributed by atoms with van der Waals surface area (Å²) in [6.07, 6.45) is 1.12. The zero-order chi connectivity index (χ0) is 13.5. The summed E-state index contributed by atoms with van der Waals surface area (Å²) in [5.74, 6) is 0. The van der Waals surface area contributed by atoms with Gasteiger partial charge in [-0.05, 0) is 12.0 Å². The van der Waals surface area contributed by atoms with Crippen LogP contribution >= 0.6 is 0 Å². The van der Waals surface area contributed by atoms with Crippen molar-refractivity contribution < 1.29 is 19.1 Å². The zero-order valence-corrected chi connectivity index (χ0v) is 10.6. The molecular formula is C14H17NO4.